The Morgan fingerprint density at radius 3 is 1.43 bits per heavy atom. The highest BCUT2D eigenvalue weighted by Gasteiger charge is 2.62. The molecular weight excluding hydrogens is 644 g/mol. The maximum absolute atomic E-state index is 13.0. The third-order valence-electron chi connectivity index (χ3n) is 16.5. The first-order chi connectivity index (χ1) is 24.3. The van der Waals surface area contributed by atoms with Crippen LogP contribution in [0, 0.1) is 81.8 Å². The molecule has 0 saturated heterocycles. The Hall–Kier alpha value is -2.64. The molecule has 0 bridgehead atoms. The van der Waals surface area contributed by atoms with Gasteiger partial charge in [0.1, 0.15) is 12.2 Å². The first kappa shape index (κ1) is 35.4. The van der Waals surface area contributed by atoms with Crippen molar-refractivity contribution in [3.8, 4) is 0 Å². The Morgan fingerprint density at radius 1 is 0.608 bits per heavy atom. The highest BCUT2D eigenvalue weighted by atomic mass is 16.8. The molecule has 6 saturated carbocycles. The number of allylic oxidation sites excluding steroid dienone is 2. The Labute approximate surface area is 304 Å². The van der Waals surface area contributed by atoms with Crippen LogP contribution in [0.3, 0.4) is 0 Å². The normalized spacial score (nSPS) is 48.4. The molecule has 0 aromatic rings. The summed E-state index contributed by atoms with van der Waals surface area (Å²) >= 11 is 0. The SMILES string of the molecule is CC1CC2(C)C(OC(=O)OCOC(=O)OC3CCC4C5C(C)CC6=CC(=O)CCC6C5C(C)CC34C)CCC2C2C(C)CC3=CC(=O)CCC3C12. The molecular formula is C43H60O8. The molecule has 8 aliphatic carbocycles. The van der Waals surface area contributed by atoms with E-state index in [0.717, 1.165) is 64.2 Å². The second kappa shape index (κ2) is 13.0. The Balaban J connectivity index is 0.845. The monoisotopic (exact) mass is 704 g/mol. The predicted molar refractivity (Wildman–Crippen MR) is 190 cm³/mol. The van der Waals surface area contributed by atoms with Crippen molar-refractivity contribution in [3.63, 3.8) is 0 Å². The molecule has 8 aliphatic rings. The molecule has 0 heterocycles. The van der Waals surface area contributed by atoms with Crippen LogP contribution in [-0.2, 0) is 28.5 Å². The molecule has 0 spiro atoms. The van der Waals surface area contributed by atoms with Crippen LogP contribution in [-0.4, -0.2) is 42.9 Å². The highest BCUT2D eigenvalue weighted by molar-refractivity contribution is 5.91. The van der Waals surface area contributed by atoms with Gasteiger partial charge < -0.3 is 18.9 Å². The zero-order valence-corrected chi connectivity index (χ0v) is 31.7. The van der Waals surface area contributed by atoms with E-state index in [1.807, 2.05) is 12.2 Å². The van der Waals surface area contributed by atoms with Crippen molar-refractivity contribution in [1.82, 2.24) is 0 Å². The summed E-state index contributed by atoms with van der Waals surface area (Å²) in [7, 11) is 0. The number of fused-ring (bicyclic) bond motifs is 10. The van der Waals surface area contributed by atoms with Crippen molar-refractivity contribution in [1.29, 1.82) is 0 Å². The molecule has 0 N–H and O–H groups in total. The van der Waals surface area contributed by atoms with E-state index in [0.29, 0.717) is 83.9 Å². The summed E-state index contributed by atoms with van der Waals surface area (Å²) in [6, 6.07) is 0. The average Bonchev–Trinajstić information content (AvgIpc) is 3.55. The molecule has 8 nitrogen and oxygen atoms in total. The van der Waals surface area contributed by atoms with Crippen molar-refractivity contribution < 1.29 is 38.1 Å². The van der Waals surface area contributed by atoms with Crippen LogP contribution in [0.5, 0.6) is 0 Å². The first-order valence-electron chi connectivity index (χ1n) is 20.4. The van der Waals surface area contributed by atoms with Gasteiger partial charge in [0.15, 0.2) is 11.6 Å². The molecule has 0 aliphatic heterocycles. The van der Waals surface area contributed by atoms with E-state index in [-0.39, 0.29) is 34.6 Å². The minimum Gasteiger partial charge on any atom is -0.430 e. The smallest absolute Gasteiger partial charge is 0.430 e. The number of carbonyl (C=O) groups excluding carboxylic acids is 4. The number of rotatable bonds is 4. The fourth-order valence-corrected chi connectivity index (χ4v) is 15.0. The summed E-state index contributed by atoms with van der Waals surface area (Å²) in [5.74, 6) is 6.72. The lowest BCUT2D eigenvalue weighted by atomic mass is 9.47. The molecule has 280 valence electrons. The van der Waals surface area contributed by atoms with Crippen LogP contribution in [0.1, 0.15) is 119 Å². The van der Waals surface area contributed by atoms with Crippen molar-refractivity contribution in [2.45, 2.75) is 131 Å². The number of hydrogen-bond donors (Lipinski definition) is 0. The summed E-state index contributed by atoms with van der Waals surface area (Å²) in [5.41, 5.74) is 2.49. The van der Waals surface area contributed by atoms with Crippen molar-refractivity contribution in [3.05, 3.63) is 23.3 Å². The summed E-state index contributed by atoms with van der Waals surface area (Å²) in [4.78, 5) is 50.5. The van der Waals surface area contributed by atoms with Gasteiger partial charge in [0.05, 0.1) is 0 Å². The van der Waals surface area contributed by atoms with Gasteiger partial charge in [-0.1, -0.05) is 52.7 Å². The number of ketones is 2. The van der Waals surface area contributed by atoms with Gasteiger partial charge in [0.25, 0.3) is 0 Å². The fourth-order valence-electron chi connectivity index (χ4n) is 15.0. The molecule has 0 aromatic carbocycles. The molecule has 51 heavy (non-hydrogen) atoms. The fraction of sp³-hybridized carbons (Fsp3) is 0.814. The predicted octanol–water partition coefficient (Wildman–Crippen LogP) is 9.26. The standard InChI is InChI=1S/C43H60O8/c1-22-15-26-17-28(44)7-9-30(26)36-24(3)19-42(5)32(38(22)36)11-13-34(42)50-40(46)48-21-49-41(47)51-35-14-12-33-39-23(2)16-27-18-29(45)8-10-31(27)37(39)25(4)20-43(33,35)6/h17-18,22-25,30-39H,7-16,19-21H2,1-6H3. The summed E-state index contributed by atoms with van der Waals surface area (Å²) in [6.45, 7) is 13.5. The van der Waals surface area contributed by atoms with Gasteiger partial charge in [0.2, 0.25) is 6.79 Å². The molecule has 0 aromatic heterocycles. The Bertz CT molecular complexity index is 1400. The van der Waals surface area contributed by atoms with Gasteiger partial charge in [-0.15, -0.1) is 0 Å². The van der Waals surface area contributed by atoms with E-state index in [9.17, 15) is 19.2 Å². The van der Waals surface area contributed by atoms with E-state index < -0.39 is 19.1 Å². The number of hydrogen-bond acceptors (Lipinski definition) is 8. The van der Waals surface area contributed by atoms with E-state index in [2.05, 4.69) is 41.5 Å². The molecule has 16 unspecified atom stereocenters. The Kier molecular flexibility index (Phi) is 9.05. The van der Waals surface area contributed by atoms with Crippen LogP contribution in [0.4, 0.5) is 9.59 Å². The van der Waals surface area contributed by atoms with Crippen LogP contribution < -0.4 is 0 Å². The van der Waals surface area contributed by atoms with Gasteiger partial charge in [-0.05, 0) is 147 Å². The lowest BCUT2D eigenvalue weighted by molar-refractivity contribution is -0.124. The summed E-state index contributed by atoms with van der Waals surface area (Å²) in [6.07, 6.45) is 12.8. The van der Waals surface area contributed by atoms with Crippen LogP contribution in [0.25, 0.3) is 0 Å². The first-order valence-corrected chi connectivity index (χ1v) is 20.4. The number of ether oxygens (including phenoxy) is 4. The van der Waals surface area contributed by atoms with E-state index in [1.165, 1.54) is 11.1 Å². The molecule has 16 atom stereocenters. The lowest BCUT2D eigenvalue weighted by Gasteiger charge is -2.58. The van der Waals surface area contributed by atoms with Crippen LogP contribution in [0.15, 0.2) is 23.3 Å². The third-order valence-corrected chi connectivity index (χ3v) is 16.5. The minimum absolute atomic E-state index is 0.133. The van der Waals surface area contributed by atoms with Gasteiger partial charge >= 0.3 is 12.3 Å². The lowest BCUT2D eigenvalue weighted by Crippen LogP contribution is -2.54. The molecule has 8 heteroatoms. The maximum atomic E-state index is 13.0. The van der Waals surface area contributed by atoms with E-state index in [4.69, 9.17) is 18.9 Å². The molecule has 0 radical (unpaired) electrons. The second-order valence-corrected chi connectivity index (χ2v) is 19.2. The maximum Gasteiger partial charge on any atom is 0.511 e. The van der Waals surface area contributed by atoms with Crippen LogP contribution in [0.2, 0.25) is 0 Å². The molecule has 8 rings (SSSR count). The molecule has 6 fully saturated rings. The second-order valence-electron chi connectivity index (χ2n) is 19.2. The Morgan fingerprint density at radius 2 is 1.02 bits per heavy atom. The van der Waals surface area contributed by atoms with Crippen LogP contribution >= 0.6 is 0 Å². The zero-order chi connectivity index (χ0) is 36.0. The van der Waals surface area contributed by atoms with Crippen molar-refractivity contribution >= 4 is 23.9 Å². The van der Waals surface area contributed by atoms with Crippen molar-refractivity contribution in [2.75, 3.05) is 6.79 Å². The number of carbonyl (C=O) groups is 4. The van der Waals surface area contributed by atoms with E-state index >= 15 is 0 Å². The van der Waals surface area contributed by atoms with Gasteiger partial charge in [-0.3, -0.25) is 9.59 Å². The quantitative estimate of drug-likeness (QED) is 0.211. The third kappa shape index (κ3) is 5.82. The molecule has 0 amide bonds. The van der Waals surface area contributed by atoms with Crippen molar-refractivity contribution in [2.24, 2.45) is 81.8 Å². The largest absolute Gasteiger partial charge is 0.511 e. The van der Waals surface area contributed by atoms with Gasteiger partial charge in [-0.25, -0.2) is 9.59 Å². The average molecular weight is 705 g/mol. The van der Waals surface area contributed by atoms with E-state index in [1.54, 1.807) is 0 Å². The van der Waals surface area contributed by atoms with Gasteiger partial charge in [0, 0.05) is 23.7 Å². The highest BCUT2D eigenvalue weighted by Crippen LogP contribution is 2.67. The minimum atomic E-state index is -0.790. The topological polar surface area (TPSA) is 105 Å². The summed E-state index contributed by atoms with van der Waals surface area (Å²) < 4.78 is 22.7. The van der Waals surface area contributed by atoms with Gasteiger partial charge in [-0.2, -0.15) is 0 Å². The zero-order valence-electron chi connectivity index (χ0n) is 31.7. The summed E-state index contributed by atoms with van der Waals surface area (Å²) in [5, 5.41) is 0.